The van der Waals surface area contributed by atoms with E-state index in [1.165, 1.54) is 7.11 Å². The first-order valence-electron chi connectivity index (χ1n) is 9.28. The fraction of sp³-hybridized carbons (Fsp3) is 0.944. The van der Waals surface area contributed by atoms with Gasteiger partial charge >= 0.3 is 5.97 Å². The van der Waals surface area contributed by atoms with Crippen LogP contribution in [0.3, 0.4) is 0 Å². The maximum atomic E-state index is 12.2. The second kappa shape index (κ2) is 9.13. The predicted octanol–water partition coefficient (Wildman–Crippen LogP) is 1.74. The van der Waals surface area contributed by atoms with Crippen molar-refractivity contribution in [3.05, 3.63) is 0 Å². The van der Waals surface area contributed by atoms with Gasteiger partial charge in [-0.25, -0.2) is 4.79 Å². The highest BCUT2D eigenvalue weighted by Crippen LogP contribution is 2.30. The Hall–Kier alpha value is -0.690. The van der Waals surface area contributed by atoms with Crippen LogP contribution in [0.1, 0.15) is 51.9 Å². The van der Waals surface area contributed by atoms with Gasteiger partial charge < -0.3 is 19.3 Å². The van der Waals surface area contributed by atoms with Crippen LogP contribution < -0.4 is 0 Å². The van der Waals surface area contributed by atoms with Crippen molar-refractivity contribution in [3.8, 4) is 0 Å². The van der Waals surface area contributed by atoms with Crippen LogP contribution >= 0.6 is 0 Å². The molecule has 2 heterocycles. The number of hydrogen-bond donors (Lipinski definition) is 1. The fourth-order valence-corrected chi connectivity index (χ4v) is 3.75. The molecule has 0 unspecified atom stereocenters. The Labute approximate surface area is 145 Å². The molecule has 0 amide bonds. The number of methoxy groups -OCH3 is 1. The van der Waals surface area contributed by atoms with Crippen LogP contribution in [0, 0.1) is 0 Å². The quantitative estimate of drug-likeness (QED) is 0.535. The number of rotatable bonds is 8. The summed E-state index contributed by atoms with van der Waals surface area (Å²) in [5.74, 6) is -0.522. The molecule has 0 aliphatic carbocycles. The van der Waals surface area contributed by atoms with Crippen LogP contribution in [-0.2, 0) is 19.0 Å². The molecule has 140 valence electrons. The second-order valence-corrected chi connectivity index (χ2v) is 7.19. The van der Waals surface area contributed by atoms with Crippen molar-refractivity contribution < 1.29 is 24.1 Å². The number of aliphatic hydroxyl groups is 1. The van der Waals surface area contributed by atoms with E-state index in [2.05, 4.69) is 11.8 Å². The lowest BCUT2D eigenvalue weighted by Crippen LogP contribution is -2.59. The van der Waals surface area contributed by atoms with Crippen molar-refractivity contribution in [2.24, 2.45) is 0 Å². The lowest BCUT2D eigenvalue weighted by atomic mass is 9.90. The van der Waals surface area contributed by atoms with E-state index in [4.69, 9.17) is 14.2 Å². The summed E-state index contributed by atoms with van der Waals surface area (Å²) in [4.78, 5) is 14.3. The topological polar surface area (TPSA) is 68.2 Å². The Kier molecular flexibility index (Phi) is 7.47. The minimum absolute atomic E-state index is 0.185. The monoisotopic (exact) mass is 343 g/mol. The Morgan fingerprint density at radius 1 is 1.25 bits per heavy atom. The lowest BCUT2D eigenvalue weighted by Gasteiger charge is -2.46. The van der Waals surface area contributed by atoms with Gasteiger partial charge in [-0.2, -0.15) is 0 Å². The molecule has 2 rings (SSSR count). The molecule has 0 bridgehead atoms. The van der Waals surface area contributed by atoms with Crippen LogP contribution in [0.25, 0.3) is 0 Å². The molecule has 0 saturated carbocycles. The number of β-amino-alcohol motifs (C(OH)–C–C–N with tert-alkyl or cyclic N) is 1. The molecular weight excluding hydrogens is 310 g/mol. The largest absolute Gasteiger partial charge is 0.467 e. The smallest absolute Gasteiger partial charge is 0.339 e. The summed E-state index contributed by atoms with van der Waals surface area (Å²) in [6.45, 7) is 6.00. The molecule has 0 radical (unpaired) electrons. The van der Waals surface area contributed by atoms with Crippen LogP contribution in [-0.4, -0.2) is 73.7 Å². The van der Waals surface area contributed by atoms with Crippen molar-refractivity contribution in [2.75, 3.05) is 46.6 Å². The van der Waals surface area contributed by atoms with E-state index in [1.807, 2.05) is 0 Å². The standard InChI is InChI=1S/C18H33NO5/c1-3-4-5-6-7-18(21,16(20)22-2)15-19-10-13-24-17(14-19)8-11-23-12-9-17/h21H,3-15H2,1-2H3/t18-/m0/s1. The lowest BCUT2D eigenvalue weighted by molar-refractivity contribution is -0.178. The van der Waals surface area contributed by atoms with Gasteiger partial charge in [0.15, 0.2) is 5.60 Å². The molecule has 2 aliphatic rings. The van der Waals surface area contributed by atoms with Gasteiger partial charge in [0.2, 0.25) is 0 Å². The minimum Gasteiger partial charge on any atom is -0.467 e. The average Bonchev–Trinajstić information content (AvgIpc) is 2.59. The third-order valence-electron chi connectivity index (χ3n) is 5.23. The molecule has 2 saturated heterocycles. The van der Waals surface area contributed by atoms with Crippen LogP contribution in [0.15, 0.2) is 0 Å². The molecule has 1 spiro atoms. The normalized spacial score (nSPS) is 23.8. The van der Waals surface area contributed by atoms with E-state index in [0.717, 1.165) is 51.6 Å². The number of carbonyl (C=O) groups excluding carboxylic acids is 1. The van der Waals surface area contributed by atoms with Crippen molar-refractivity contribution in [2.45, 2.75) is 63.1 Å². The maximum absolute atomic E-state index is 12.2. The molecule has 0 aromatic heterocycles. The molecule has 6 nitrogen and oxygen atoms in total. The summed E-state index contributed by atoms with van der Waals surface area (Å²) in [7, 11) is 1.35. The van der Waals surface area contributed by atoms with Crippen LogP contribution in [0.5, 0.6) is 0 Å². The number of unbranched alkanes of at least 4 members (excludes halogenated alkanes) is 3. The van der Waals surface area contributed by atoms with Gasteiger partial charge in [-0.3, -0.25) is 4.90 Å². The number of nitrogens with zero attached hydrogens (tertiary/aromatic N) is 1. The summed E-state index contributed by atoms with van der Waals surface area (Å²) in [6.07, 6.45) is 6.31. The number of ether oxygens (including phenoxy) is 3. The second-order valence-electron chi connectivity index (χ2n) is 7.19. The average molecular weight is 343 g/mol. The molecular formula is C18H33NO5. The van der Waals surface area contributed by atoms with Crippen molar-refractivity contribution >= 4 is 5.97 Å². The van der Waals surface area contributed by atoms with E-state index in [9.17, 15) is 9.90 Å². The summed E-state index contributed by atoms with van der Waals surface area (Å²) in [5, 5.41) is 10.9. The van der Waals surface area contributed by atoms with Crippen molar-refractivity contribution in [1.82, 2.24) is 4.90 Å². The minimum atomic E-state index is -1.42. The van der Waals surface area contributed by atoms with E-state index < -0.39 is 11.6 Å². The van der Waals surface area contributed by atoms with Crippen molar-refractivity contribution in [3.63, 3.8) is 0 Å². The SMILES string of the molecule is CCCCCC[C@](O)(CN1CCOC2(CCOCC2)C1)C(=O)OC. The fourth-order valence-electron chi connectivity index (χ4n) is 3.75. The van der Waals surface area contributed by atoms with Gasteiger partial charge in [-0.15, -0.1) is 0 Å². The zero-order valence-electron chi connectivity index (χ0n) is 15.2. The zero-order valence-corrected chi connectivity index (χ0v) is 15.2. The number of hydrogen-bond acceptors (Lipinski definition) is 6. The molecule has 6 heteroatoms. The summed E-state index contributed by atoms with van der Waals surface area (Å²) in [5.41, 5.74) is -1.61. The maximum Gasteiger partial charge on any atom is 0.339 e. The Balaban J connectivity index is 1.95. The number of carbonyl (C=O) groups is 1. The van der Waals surface area contributed by atoms with Crippen molar-refractivity contribution in [1.29, 1.82) is 0 Å². The van der Waals surface area contributed by atoms with Gasteiger partial charge in [0.1, 0.15) is 0 Å². The van der Waals surface area contributed by atoms with Crippen LogP contribution in [0.4, 0.5) is 0 Å². The number of morpholine rings is 1. The summed E-state index contributed by atoms with van der Waals surface area (Å²) < 4.78 is 16.4. The summed E-state index contributed by atoms with van der Waals surface area (Å²) >= 11 is 0. The van der Waals surface area contributed by atoms with E-state index in [0.29, 0.717) is 32.8 Å². The Morgan fingerprint density at radius 2 is 2.00 bits per heavy atom. The van der Waals surface area contributed by atoms with E-state index in [-0.39, 0.29) is 5.60 Å². The van der Waals surface area contributed by atoms with E-state index in [1.54, 1.807) is 0 Å². The molecule has 0 aromatic rings. The highest BCUT2D eigenvalue weighted by Gasteiger charge is 2.43. The predicted molar refractivity (Wildman–Crippen MR) is 90.9 cm³/mol. The number of esters is 1. The third kappa shape index (κ3) is 5.15. The first-order chi connectivity index (χ1) is 11.5. The molecule has 24 heavy (non-hydrogen) atoms. The van der Waals surface area contributed by atoms with Gasteiger partial charge in [0.25, 0.3) is 0 Å². The van der Waals surface area contributed by atoms with E-state index >= 15 is 0 Å². The highest BCUT2D eigenvalue weighted by molar-refractivity contribution is 5.79. The molecule has 0 aromatic carbocycles. The van der Waals surface area contributed by atoms with Gasteiger partial charge in [0.05, 0.1) is 19.3 Å². The first kappa shape index (κ1) is 19.6. The molecule has 2 fully saturated rings. The highest BCUT2D eigenvalue weighted by atomic mass is 16.5. The zero-order chi connectivity index (χ0) is 17.5. The summed E-state index contributed by atoms with van der Waals surface area (Å²) in [6, 6.07) is 0. The third-order valence-corrected chi connectivity index (χ3v) is 5.23. The Bertz CT molecular complexity index is 391. The first-order valence-corrected chi connectivity index (χ1v) is 9.28. The molecule has 1 atom stereocenters. The molecule has 1 N–H and O–H groups in total. The van der Waals surface area contributed by atoms with Crippen LogP contribution in [0.2, 0.25) is 0 Å². The van der Waals surface area contributed by atoms with Gasteiger partial charge in [-0.05, 0) is 12.8 Å². The van der Waals surface area contributed by atoms with Gasteiger partial charge in [0, 0.05) is 45.7 Å². The molecule has 2 aliphatic heterocycles. The Morgan fingerprint density at radius 3 is 2.67 bits per heavy atom. The van der Waals surface area contributed by atoms with Gasteiger partial charge in [-0.1, -0.05) is 26.2 Å².